The molecule has 2 heteroatoms. The first kappa shape index (κ1) is 13.7. The summed E-state index contributed by atoms with van der Waals surface area (Å²) in [6.07, 6.45) is 3.93. The van der Waals surface area contributed by atoms with Crippen LogP contribution in [0.4, 0.5) is 0 Å². The molecule has 80 valence electrons. The Morgan fingerprint density at radius 1 is 1.00 bits per heavy atom. The van der Waals surface area contributed by atoms with E-state index in [9.17, 15) is 0 Å². The van der Waals surface area contributed by atoms with Gasteiger partial charge in [-0.1, -0.05) is 20.8 Å². The van der Waals surface area contributed by atoms with Gasteiger partial charge < -0.3 is 0 Å². The van der Waals surface area contributed by atoms with Gasteiger partial charge in [0, 0.05) is 0 Å². The van der Waals surface area contributed by atoms with Crippen LogP contribution in [0.5, 0.6) is 0 Å². The van der Waals surface area contributed by atoms with Crippen molar-refractivity contribution in [3.63, 3.8) is 0 Å². The van der Waals surface area contributed by atoms with Gasteiger partial charge in [-0.2, -0.15) is 25.3 Å². The van der Waals surface area contributed by atoms with Gasteiger partial charge in [-0.05, 0) is 48.5 Å². The SMILES string of the molecule is CC(CCCS)CC(C)C(C)CS. The molecule has 0 N–H and O–H groups in total. The van der Waals surface area contributed by atoms with Crippen molar-refractivity contribution in [2.24, 2.45) is 17.8 Å². The first-order valence-electron chi connectivity index (χ1n) is 5.33. The van der Waals surface area contributed by atoms with E-state index in [0.717, 1.165) is 29.3 Å². The predicted octanol–water partition coefficient (Wildman–Crippen LogP) is 3.92. The Morgan fingerprint density at radius 2 is 1.62 bits per heavy atom. The highest BCUT2D eigenvalue weighted by Crippen LogP contribution is 2.23. The number of hydrogen-bond donors (Lipinski definition) is 2. The molecule has 0 aliphatic rings. The van der Waals surface area contributed by atoms with Crippen LogP contribution in [0.1, 0.15) is 40.0 Å². The van der Waals surface area contributed by atoms with E-state index in [2.05, 4.69) is 46.0 Å². The van der Waals surface area contributed by atoms with E-state index in [1.807, 2.05) is 0 Å². The first-order chi connectivity index (χ1) is 6.11. The van der Waals surface area contributed by atoms with Crippen LogP contribution < -0.4 is 0 Å². The Labute approximate surface area is 94.7 Å². The van der Waals surface area contributed by atoms with Crippen molar-refractivity contribution >= 4 is 25.3 Å². The average molecular weight is 220 g/mol. The van der Waals surface area contributed by atoms with Crippen LogP contribution in [-0.2, 0) is 0 Å². The lowest BCUT2D eigenvalue weighted by atomic mass is 9.87. The minimum Gasteiger partial charge on any atom is -0.179 e. The summed E-state index contributed by atoms with van der Waals surface area (Å²) in [7, 11) is 0. The molecule has 0 nitrogen and oxygen atoms in total. The van der Waals surface area contributed by atoms with Gasteiger partial charge in [-0.25, -0.2) is 0 Å². The summed E-state index contributed by atoms with van der Waals surface area (Å²) in [6, 6.07) is 0. The van der Waals surface area contributed by atoms with E-state index in [0.29, 0.717) is 0 Å². The molecule has 0 aromatic rings. The molecule has 13 heavy (non-hydrogen) atoms. The average Bonchev–Trinajstić information content (AvgIpc) is 2.13. The Hall–Kier alpha value is 0.700. The summed E-state index contributed by atoms with van der Waals surface area (Å²) in [4.78, 5) is 0. The molecule has 0 aromatic heterocycles. The summed E-state index contributed by atoms with van der Waals surface area (Å²) < 4.78 is 0. The van der Waals surface area contributed by atoms with Gasteiger partial charge in [0.2, 0.25) is 0 Å². The van der Waals surface area contributed by atoms with Crippen molar-refractivity contribution in [1.29, 1.82) is 0 Å². The summed E-state index contributed by atoms with van der Waals surface area (Å²) in [5, 5.41) is 0. The minimum absolute atomic E-state index is 0.752. The highest BCUT2D eigenvalue weighted by atomic mass is 32.1. The van der Waals surface area contributed by atoms with Crippen molar-refractivity contribution < 1.29 is 0 Å². The van der Waals surface area contributed by atoms with E-state index >= 15 is 0 Å². The zero-order valence-electron chi connectivity index (χ0n) is 9.16. The van der Waals surface area contributed by atoms with Crippen LogP contribution in [0, 0.1) is 17.8 Å². The second-order valence-electron chi connectivity index (χ2n) is 4.34. The molecule has 0 saturated heterocycles. The number of thiol groups is 2. The molecule has 0 rings (SSSR count). The maximum atomic E-state index is 4.34. The van der Waals surface area contributed by atoms with Gasteiger partial charge in [-0.15, -0.1) is 0 Å². The van der Waals surface area contributed by atoms with Crippen LogP contribution >= 0.6 is 25.3 Å². The molecule has 0 aromatic carbocycles. The zero-order valence-corrected chi connectivity index (χ0v) is 11.0. The lowest BCUT2D eigenvalue weighted by Crippen LogP contribution is -2.13. The molecule has 0 bridgehead atoms. The van der Waals surface area contributed by atoms with Gasteiger partial charge in [0.1, 0.15) is 0 Å². The molecule has 0 saturated carbocycles. The highest BCUT2D eigenvalue weighted by molar-refractivity contribution is 7.80. The molecular weight excluding hydrogens is 196 g/mol. The van der Waals surface area contributed by atoms with Crippen LogP contribution in [-0.4, -0.2) is 11.5 Å². The van der Waals surface area contributed by atoms with E-state index in [-0.39, 0.29) is 0 Å². The maximum Gasteiger partial charge on any atom is -0.00696 e. The molecule has 0 amide bonds. The molecule has 3 atom stereocenters. The quantitative estimate of drug-likeness (QED) is 0.597. The van der Waals surface area contributed by atoms with E-state index < -0.39 is 0 Å². The van der Waals surface area contributed by atoms with Crippen LogP contribution in [0.25, 0.3) is 0 Å². The Bertz CT molecular complexity index is 115. The molecule has 0 spiro atoms. The summed E-state index contributed by atoms with van der Waals surface area (Å²) >= 11 is 8.57. The Morgan fingerprint density at radius 3 is 2.08 bits per heavy atom. The Balaban J connectivity index is 3.57. The third kappa shape index (κ3) is 6.73. The normalized spacial score (nSPS) is 18.2. The third-order valence-electron chi connectivity index (χ3n) is 2.89. The molecule has 0 fully saturated rings. The van der Waals surface area contributed by atoms with Crippen molar-refractivity contribution in [1.82, 2.24) is 0 Å². The third-order valence-corrected chi connectivity index (χ3v) is 3.78. The molecular formula is C11H24S2. The number of rotatable bonds is 7. The van der Waals surface area contributed by atoms with Crippen molar-refractivity contribution in [3.8, 4) is 0 Å². The molecule has 0 radical (unpaired) electrons. The topological polar surface area (TPSA) is 0 Å². The van der Waals surface area contributed by atoms with E-state index in [4.69, 9.17) is 0 Å². The fourth-order valence-corrected chi connectivity index (χ4v) is 2.15. The predicted molar refractivity (Wildman–Crippen MR) is 69.0 cm³/mol. The van der Waals surface area contributed by atoms with Crippen molar-refractivity contribution in [2.45, 2.75) is 40.0 Å². The van der Waals surface area contributed by atoms with Crippen LogP contribution in [0.15, 0.2) is 0 Å². The van der Waals surface area contributed by atoms with Crippen molar-refractivity contribution in [3.05, 3.63) is 0 Å². The fourth-order valence-electron chi connectivity index (χ4n) is 1.60. The largest absolute Gasteiger partial charge is 0.179 e. The van der Waals surface area contributed by atoms with Crippen LogP contribution in [0.2, 0.25) is 0 Å². The van der Waals surface area contributed by atoms with Crippen molar-refractivity contribution in [2.75, 3.05) is 11.5 Å². The molecule has 0 aliphatic heterocycles. The lowest BCUT2D eigenvalue weighted by molar-refractivity contribution is 0.324. The summed E-state index contributed by atoms with van der Waals surface area (Å²) in [6.45, 7) is 6.99. The lowest BCUT2D eigenvalue weighted by Gasteiger charge is -2.21. The summed E-state index contributed by atoms with van der Waals surface area (Å²) in [5.74, 6) is 4.46. The molecule has 0 heterocycles. The highest BCUT2D eigenvalue weighted by Gasteiger charge is 2.13. The van der Waals surface area contributed by atoms with Crippen LogP contribution in [0.3, 0.4) is 0 Å². The van der Waals surface area contributed by atoms with E-state index in [1.165, 1.54) is 19.3 Å². The fraction of sp³-hybridized carbons (Fsp3) is 1.00. The van der Waals surface area contributed by atoms with Gasteiger partial charge in [0.15, 0.2) is 0 Å². The number of hydrogen-bond acceptors (Lipinski definition) is 2. The molecule has 3 unspecified atom stereocenters. The van der Waals surface area contributed by atoms with Gasteiger partial charge in [0.05, 0.1) is 0 Å². The first-order valence-corrected chi connectivity index (χ1v) is 6.60. The smallest absolute Gasteiger partial charge is 0.00696 e. The van der Waals surface area contributed by atoms with Gasteiger partial charge >= 0.3 is 0 Å². The Kier molecular flexibility index (Phi) is 8.48. The van der Waals surface area contributed by atoms with E-state index in [1.54, 1.807) is 0 Å². The second kappa shape index (κ2) is 8.05. The second-order valence-corrected chi connectivity index (χ2v) is 5.16. The van der Waals surface area contributed by atoms with Gasteiger partial charge in [-0.3, -0.25) is 0 Å². The maximum absolute atomic E-state index is 4.34. The standard InChI is InChI=1S/C11H24S2/c1-9(5-4-6-12)7-10(2)11(3)8-13/h9-13H,4-8H2,1-3H3. The summed E-state index contributed by atoms with van der Waals surface area (Å²) in [5.41, 5.74) is 0. The minimum atomic E-state index is 0.752. The zero-order chi connectivity index (χ0) is 10.3. The monoisotopic (exact) mass is 220 g/mol. The van der Waals surface area contributed by atoms with Gasteiger partial charge in [0.25, 0.3) is 0 Å². The molecule has 0 aliphatic carbocycles.